The van der Waals surface area contributed by atoms with E-state index in [4.69, 9.17) is 5.10 Å². The molecular formula is C28H29N5O2S. The molecule has 4 aromatic rings. The highest BCUT2D eigenvalue weighted by atomic mass is 32.1. The molecule has 0 bridgehead atoms. The number of carbonyl (C=O) groups excluding carboxylic acids is 2. The van der Waals surface area contributed by atoms with Gasteiger partial charge in [0.15, 0.2) is 0 Å². The van der Waals surface area contributed by atoms with Crippen LogP contribution in [-0.2, 0) is 17.8 Å². The van der Waals surface area contributed by atoms with Crippen molar-refractivity contribution in [1.29, 1.82) is 0 Å². The number of aromatic nitrogens is 2. The third kappa shape index (κ3) is 4.31. The molecule has 0 atom stereocenters. The Morgan fingerprint density at radius 3 is 2.50 bits per heavy atom. The molecule has 2 aliphatic rings. The third-order valence-electron chi connectivity index (χ3n) is 7.20. The number of hydrogen-bond acceptors (Lipinski definition) is 5. The van der Waals surface area contributed by atoms with Crippen molar-refractivity contribution >= 4 is 39.1 Å². The number of anilines is 1. The van der Waals surface area contributed by atoms with E-state index in [9.17, 15) is 9.59 Å². The molecule has 2 aromatic carbocycles. The zero-order valence-electron chi connectivity index (χ0n) is 20.4. The van der Waals surface area contributed by atoms with E-state index in [1.807, 2.05) is 63.9 Å². The van der Waals surface area contributed by atoms with Gasteiger partial charge < -0.3 is 9.80 Å². The average molecular weight is 500 g/mol. The number of nitrogens with zero attached hydrogens (tertiary/aromatic N) is 5. The fourth-order valence-corrected chi connectivity index (χ4v) is 6.35. The SMILES string of the molecule is Cc1nn(Cc2ccccc2)c2sc(C(=O)N3CCN(CC(=O)N4CCc5ccccc54)CC3)cc12. The minimum Gasteiger partial charge on any atom is -0.335 e. The number of amides is 2. The van der Waals surface area contributed by atoms with Crippen LogP contribution >= 0.6 is 11.3 Å². The van der Waals surface area contributed by atoms with Crippen LogP contribution in [0.4, 0.5) is 5.69 Å². The van der Waals surface area contributed by atoms with E-state index in [1.54, 1.807) is 0 Å². The summed E-state index contributed by atoms with van der Waals surface area (Å²) in [6, 6.07) is 20.4. The lowest BCUT2D eigenvalue weighted by Gasteiger charge is -2.34. The van der Waals surface area contributed by atoms with Gasteiger partial charge in [-0.25, -0.2) is 0 Å². The van der Waals surface area contributed by atoms with Crippen LogP contribution in [0.15, 0.2) is 60.7 Å². The largest absolute Gasteiger partial charge is 0.335 e. The first kappa shape index (κ1) is 22.9. The van der Waals surface area contributed by atoms with Crippen LogP contribution in [-0.4, -0.2) is 70.7 Å². The molecule has 0 saturated carbocycles. The van der Waals surface area contributed by atoms with Gasteiger partial charge in [0.05, 0.1) is 23.7 Å². The van der Waals surface area contributed by atoms with E-state index in [1.165, 1.54) is 22.5 Å². The molecule has 2 amide bonds. The van der Waals surface area contributed by atoms with Crippen LogP contribution in [0.1, 0.15) is 26.5 Å². The fourth-order valence-electron chi connectivity index (χ4n) is 5.22. The van der Waals surface area contributed by atoms with Gasteiger partial charge in [-0.1, -0.05) is 48.5 Å². The lowest BCUT2D eigenvalue weighted by atomic mass is 10.2. The number of fused-ring (bicyclic) bond motifs is 2. The van der Waals surface area contributed by atoms with Gasteiger partial charge in [-0.3, -0.25) is 19.2 Å². The Bertz CT molecular complexity index is 1420. The molecule has 2 aromatic heterocycles. The van der Waals surface area contributed by atoms with Crippen molar-refractivity contribution < 1.29 is 9.59 Å². The minimum absolute atomic E-state index is 0.0707. The first-order valence-corrected chi connectivity index (χ1v) is 13.3. The van der Waals surface area contributed by atoms with Gasteiger partial charge in [-0.15, -0.1) is 11.3 Å². The molecule has 0 radical (unpaired) electrons. The smallest absolute Gasteiger partial charge is 0.264 e. The highest BCUT2D eigenvalue weighted by Crippen LogP contribution is 2.30. The van der Waals surface area contributed by atoms with Crippen LogP contribution in [0.5, 0.6) is 0 Å². The zero-order chi connectivity index (χ0) is 24.6. The molecule has 184 valence electrons. The van der Waals surface area contributed by atoms with Crippen molar-refractivity contribution in [2.75, 3.05) is 44.2 Å². The topological polar surface area (TPSA) is 61.7 Å². The van der Waals surface area contributed by atoms with Crippen molar-refractivity contribution in [2.45, 2.75) is 19.9 Å². The maximum atomic E-state index is 13.3. The average Bonchev–Trinajstić information content (AvgIpc) is 3.60. The quantitative estimate of drug-likeness (QED) is 0.419. The van der Waals surface area contributed by atoms with Gasteiger partial charge in [0, 0.05) is 43.8 Å². The molecule has 0 unspecified atom stereocenters. The molecule has 8 heteroatoms. The molecular weight excluding hydrogens is 470 g/mol. The predicted octanol–water partition coefficient (Wildman–Crippen LogP) is 3.80. The Morgan fingerprint density at radius 2 is 1.69 bits per heavy atom. The van der Waals surface area contributed by atoms with Gasteiger partial charge >= 0.3 is 0 Å². The van der Waals surface area contributed by atoms with E-state index in [-0.39, 0.29) is 11.8 Å². The van der Waals surface area contributed by atoms with E-state index in [0.29, 0.717) is 39.3 Å². The monoisotopic (exact) mass is 499 g/mol. The number of benzene rings is 2. The Balaban J connectivity index is 1.09. The molecule has 4 heterocycles. The Labute approximate surface area is 214 Å². The number of hydrogen-bond donors (Lipinski definition) is 0. The summed E-state index contributed by atoms with van der Waals surface area (Å²) in [4.78, 5) is 34.1. The Morgan fingerprint density at radius 1 is 0.944 bits per heavy atom. The summed E-state index contributed by atoms with van der Waals surface area (Å²) < 4.78 is 2.00. The Hall–Kier alpha value is -3.49. The predicted molar refractivity (Wildman–Crippen MR) is 143 cm³/mol. The molecule has 36 heavy (non-hydrogen) atoms. The lowest BCUT2D eigenvalue weighted by molar-refractivity contribution is -0.120. The van der Waals surface area contributed by atoms with E-state index in [0.717, 1.165) is 39.4 Å². The summed E-state index contributed by atoms with van der Waals surface area (Å²) in [7, 11) is 0. The molecule has 7 nitrogen and oxygen atoms in total. The second-order valence-corrected chi connectivity index (χ2v) is 10.6. The van der Waals surface area contributed by atoms with Gasteiger partial charge in [-0.05, 0) is 36.6 Å². The van der Waals surface area contributed by atoms with E-state index in [2.05, 4.69) is 23.1 Å². The normalized spacial score (nSPS) is 16.0. The molecule has 2 aliphatic heterocycles. The van der Waals surface area contributed by atoms with Crippen molar-refractivity contribution in [3.63, 3.8) is 0 Å². The standard InChI is InChI=1S/C28H29N5O2S/c1-20-23-17-25(36-28(23)33(29-20)18-21-7-3-2-4-8-21)27(35)31-15-13-30(14-16-31)19-26(34)32-12-11-22-9-5-6-10-24(22)32/h2-10,17H,11-16,18-19H2,1H3. The first-order chi connectivity index (χ1) is 17.6. The number of para-hydroxylation sites is 1. The highest BCUT2D eigenvalue weighted by molar-refractivity contribution is 7.20. The minimum atomic E-state index is 0.0707. The zero-order valence-corrected chi connectivity index (χ0v) is 21.2. The lowest BCUT2D eigenvalue weighted by Crippen LogP contribution is -2.51. The molecule has 0 spiro atoms. The Kier molecular flexibility index (Phi) is 6.07. The van der Waals surface area contributed by atoms with Gasteiger partial charge in [0.1, 0.15) is 4.83 Å². The van der Waals surface area contributed by atoms with E-state index >= 15 is 0 Å². The van der Waals surface area contributed by atoms with Crippen molar-refractivity contribution in [3.8, 4) is 0 Å². The second-order valence-electron chi connectivity index (χ2n) is 9.55. The van der Waals surface area contributed by atoms with Crippen molar-refractivity contribution in [1.82, 2.24) is 19.6 Å². The molecule has 1 fully saturated rings. The summed E-state index contributed by atoms with van der Waals surface area (Å²) >= 11 is 1.52. The fraction of sp³-hybridized carbons (Fsp3) is 0.321. The molecule has 1 saturated heterocycles. The van der Waals surface area contributed by atoms with Gasteiger partial charge in [0.25, 0.3) is 5.91 Å². The van der Waals surface area contributed by atoms with Crippen LogP contribution in [0.25, 0.3) is 10.2 Å². The van der Waals surface area contributed by atoms with Crippen LogP contribution in [0.3, 0.4) is 0 Å². The second kappa shape index (κ2) is 9.52. The number of thiophene rings is 1. The first-order valence-electron chi connectivity index (χ1n) is 12.5. The van der Waals surface area contributed by atoms with Crippen molar-refractivity contribution in [2.24, 2.45) is 0 Å². The summed E-state index contributed by atoms with van der Waals surface area (Å²) in [5.41, 5.74) is 4.42. The van der Waals surface area contributed by atoms with Gasteiger partial charge in [-0.2, -0.15) is 5.10 Å². The number of carbonyl (C=O) groups is 2. The van der Waals surface area contributed by atoms with Gasteiger partial charge in [0.2, 0.25) is 5.91 Å². The van der Waals surface area contributed by atoms with E-state index < -0.39 is 0 Å². The molecule has 6 rings (SSSR count). The third-order valence-corrected chi connectivity index (χ3v) is 8.34. The number of aryl methyl sites for hydroxylation is 1. The summed E-state index contributed by atoms with van der Waals surface area (Å²) in [5.74, 6) is 0.212. The molecule has 0 N–H and O–H groups in total. The van der Waals surface area contributed by atoms with Crippen LogP contribution < -0.4 is 4.90 Å². The summed E-state index contributed by atoms with van der Waals surface area (Å²) in [5, 5.41) is 5.75. The molecule has 0 aliphatic carbocycles. The maximum absolute atomic E-state index is 13.3. The summed E-state index contributed by atoms with van der Waals surface area (Å²) in [6.07, 6.45) is 0.919. The number of rotatable bonds is 5. The van der Waals surface area contributed by atoms with Crippen molar-refractivity contribution in [3.05, 3.63) is 82.4 Å². The van der Waals surface area contributed by atoms with Crippen LogP contribution in [0, 0.1) is 6.92 Å². The summed E-state index contributed by atoms with van der Waals surface area (Å²) in [6.45, 7) is 6.51. The van der Waals surface area contributed by atoms with Crippen LogP contribution in [0.2, 0.25) is 0 Å². The maximum Gasteiger partial charge on any atom is 0.264 e. The number of piperazine rings is 1. The highest BCUT2D eigenvalue weighted by Gasteiger charge is 2.29.